The standard InChI is InChI=1S/C22H24N4O2/c1-16-9-7-8-12-18(16)22(2,3)15-23-20(27)21(28)25-19-13-14-24-26(19)17-10-5-4-6-11-17/h4-14H,15H2,1-3H3,(H,23,27)(H,25,28). The zero-order chi connectivity index (χ0) is 20.1. The molecule has 2 N–H and O–H groups in total. The van der Waals surface area contributed by atoms with Crippen molar-refractivity contribution < 1.29 is 9.59 Å². The molecule has 6 heteroatoms. The van der Waals surface area contributed by atoms with Gasteiger partial charge in [0.05, 0.1) is 11.9 Å². The highest BCUT2D eigenvalue weighted by atomic mass is 16.2. The molecule has 0 aliphatic heterocycles. The maximum Gasteiger partial charge on any atom is 0.314 e. The first-order valence-electron chi connectivity index (χ1n) is 9.13. The van der Waals surface area contributed by atoms with E-state index in [1.165, 1.54) is 0 Å². The van der Waals surface area contributed by atoms with Gasteiger partial charge in [-0.05, 0) is 30.2 Å². The fraction of sp³-hybridized carbons (Fsp3) is 0.227. The van der Waals surface area contributed by atoms with Crippen LogP contribution in [-0.4, -0.2) is 28.1 Å². The first-order valence-corrected chi connectivity index (χ1v) is 9.13. The Hall–Kier alpha value is -3.41. The van der Waals surface area contributed by atoms with Crippen LogP contribution in [0.2, 0.25) is 0 Å². The lowest BCUT2D eigenvalue weighted by atomic mass is 9.82. The number of hydrogen-bond donors (Lipinski definition) is 2. The second-order valence-corrected chi connectivity index (χ2v) is 7.30. The topological polar surface area (TPSA) is 76.0 Å². The number of amides is 2. The Balaban J connectivity index is 1.64. The molecular weight excluding hydrogens is 352 g/mol. The van der Waals surface area contributed by atoms with Crippen LogP contribution in [0.15, 0.2) is 66.9 Å². The average Bonchev–Trinajstić information content (AvgIpc) is 3.15. The Morgan fingerprint density at radius 2 is 1.64 bits per heavy atom. The summed E-state index contributed by atoms with van der Waals surface area (Å²) in [5.41, 5.74) is 2.78. The van der Waals surface area contributed by atoms with Crippen LogP contribution < -0.4 is 10.6 Å². The molecule has 1 heterocycles. The van der Waals surface area contributed by atoms with Crippen molar-refractivity contribution >= 4 is 17.6 Å². The maximum atomic E-state index is 12.4. The summed E-state index contributed by atoms with van der Waals surface area (Å²) >= 11 is 0. The predicted molar refractivity (Wildman–Crippen MR) is 109 cm³/mol. The molecule has 0 aliphatic rings. The lowest BCUT2D eigenvalue weighted by molar-refractivity contribution is -0.136. The van der Waals surface area contributed by atoms with Gasteiger partial charge in [-0.15, -0.1) is 0 Å². The SMILES string of the molecule is Cc1ccccc1C(C)(C)CNC(=O)C(=O)Nc1ccnn1-c1ccccc1. The third-order valence-corrected chi connectivity index (χ3v) is 4.66. The lowest BCUT2D eigenvalue weighted by Gasteiger charge is -2.27. The van der Waals surface area contributed by atoms with E-state index in [2.05, 4.69) is 15.7 Å². The summed E-state index contributed by atoms with van der Waals surface area (Å²) in [6, 6.07) is 19.1. The van der Waals surface area contributed by atoms with Gasteiger partial charge in [0.1, 0.15) is 5.82 Å². The van der Waals surface area contributed by atoms with E-state index in [1.807, 2.05) is 75.4 Å². The number of nitrogens with zero attached hydrogens (tertiary/aromatic N) is 2. The molecule has 0 aliphatic carbocycles. The summed E-state index contributed by atoms with van der Waals surface area (Å²) in [7, 11) is 0. The predicted octanol–water partition coefficient (Wildman–Crippen LogP) is 3.21. The van der Waals surface area contributed by atoms with Crippen LogP contribution in [0.5, 0.6) is 0 Å². The number of aryl methyl sites for hydroxylation is 1. The zero-order valence-corrected chi connectivity index (χ0v) is 16.3. The molecule has 0 fully saturated rings. The van der Waals surface area contributed by atoms with Crippen molar-refractivity contribution in [2.45, 2.75) is 26.2 Å². The minimum Gasteiger partial charge on any atom is -0.347 e. The van der Waals surface area contributed by atoms with Crippen molar-refractivity contribution in [2.75, 3.05) is 11.9 Å². The third-order valence-electron chi connectivity index (χ3n) is 4.66. The number of carbonyl (C=O) groups excluding carboxylic acids is 2. The molecule has 0 saturated carbocycles. The van der Waals surface area contributed by atoms with Gasteiger partial charge in [0.25, 0.3) is 0 Å². The van der Waals surface area contributed by atoms with Crippen molar-refractivity contribution in [3.05, 3.63) is 78.0 Å². The summed E-state index contributed by atoms with van der Waals surface area (Å²) in [6.07, 6.45) is 1.57. The highest BCUT2D eigenvalue weighted by Gasteiger charge is 2.25. The quantitative estimate of drug-likeness (QED) is 0.672. The number of aromatic nitrogens is 2. The number of carbonyl (C=O) groups is 2. The summed E-state index contributed by atoms with van der Waals surface area (Å²) in [5, 5.41) is 9.57. The maximum absolute atomic E-state index is 12.4. The van der Waals surface area contributed by atoms with Gasteiger partial charge in [-0.3, -0.25) is 9.59 Å². The molecular formula is C22H24N4O2. The van der Waals surface area contributed by atoms with Crippen LogP contribution in [0.4, 0.5) is 5.82 Å². The fourth-order valence-electron chi connectivity index (χ4n) is 3.16. The second kappa shape index (κ2) is 8.08. The number of para-hydroxylation sites is 1. The molecule has 0 spiro atoms. The van der Waals surface area contributed by atoms with Crippen molar-refractivity contribution in [3.63, 3.8) is 0 Å². The number of rotatable bonds is 5. The van der Waals surface area contributed by atoms with Crippen LogP contribution in [0.25, 0.3) is 5.69 Å². The molecule has 3 aromatic rings. The molecule has 0 unspecified atom stereocenters. The zero-order valence-electron chi connectivity index (χ0n) is 16.3. The largest absolute Gasteiger partial charge is 0.347 e. The molecule has 0 bridgehead atoms. The van der Waals surface area contributed by atoms with Gasteiger partial charge in [0.15, 0.2) is 0 Å². The highest BCUT2D eigenvalue weighted by molar-refractivity contribution is 6.39. The van der Waals surface area contributed by atoms with E-state index in [0.717, 1.165) is 16.8 Å². The average molecular weight is 376 g/mol. The highest BCUT2D eigenvalue weighted by Crippen LogP contribution is 2.25. The number of hydrogen-bond acceptors (Lipinski definition) is 3. The van der Waals surface area contributed by atoms with Gasteiger partial charge in [-0.2, -0.15) is 5.10 Å². The van der Waals surface area contributed by atoms with Crippen LogP contribution in [0, 0.1) is 6.92 Å². The van der Waals surface area contributed by atoms with Crippen molar-refractivity contribution in [3.8, 4) is 5.69 Å². The van der Waals surface area contributed by atoms with Crippen LogP contribution in [0.1, 0.15) is 25.0 Å². The summed E-state index contributed by atoms with van der Waals surface area (Å²) in [4.78, 5) is 24.7. The third kappa shape index (κ3) is 4.28. The van der Waals surface area contributed by atoms with E-state index >= 15 is 0 Å². The Bertz CT molecular complexity index is 977. The number of anilines is 1. The molecule has 0 saturated heterocycles. The van der Waals surface area contributed by atoms with Crippen LogP contribution in [0.3, 0.4) is 0 Å². The van der Waals surface area contributed by atoms with Crippen molar-refractivity contribution in [2.24, 2.45) is 0 Å². The van der Waals surface area contributed by atoms with Crippen LogP contribution in [-0.2, 0) is 15.0 Å². The molecule has 144 valence electrons. The smallest absolute Gasteiger partial charge is 0.314 e. The Kier molecular flexibility index (Phi) is 5.59. The molecule has 2 amide bonds. The van der Waals surface area contributed by atoms with Gasteiger partial charge < -0.3 is 10.6 Å². The van der Waals surface area contributed by atoms with Crippen LogP contribution >= 0.6 is 0 Å². The fourth-order valence-corrected chi connectivity index (χ4v) is 3.16. The number of benzene rings is 2. The van der Waals surface area contributed by atoms with Gasteiger partial charge in [-0.25, -0.2) is 4.68 Å². The Morgan fingerprint density at radius 1 is 0.964 bits per heavy atom. The Morgan fingerprint density at radius 3 is 2.36 bits per heavy atom. The van der Waals surface area contributed by atoms with E-state index in [-0.39, 0.29) is 5.41 Å². The summed E-state index contributed by atoms with van der Waals surface area (Å²) < 4.78 is 1.57. The second-order valence-electron chi connectivity index (χ2n) is 7.30. The van der Waals surface area contributed by atoms with Gasteiger partial charge >= 0.3 is 11.8 Å². The van der Waals surface area contributed by atoms with E-state index in [0.29, 0.717) is 12.4 Å². The normalized spacial score (nSPS) is 11.1. The van der Waals surface area contributed by atoms with Crippen molar-refractivity contribution in [1.29, 1.82) is 0 Å². The molecule has 0 radical (unpaired) electrons. The molecule has 28 heavy (non-hydrogen) atoms. The monoisotopic (exact) mass is 376 g/mol. The number of nitrogens with one attached hydrogen (secondary N) is 2. The van der Waals surface area contributed by atoms with E-state index in [9.17, 15) is 9.59 Å². The lowest BCUT2D eigenvalue weighted by Crippen LogP contribution is -2.42. The first-order chi connectivity index (χ1) is 13.4. The molecule has 2 aromatic carbocycles. The Labute approximate surface area is 164 Å². The van der Waals surface area contributed by atoms with E-state index in [4.69, 9.17) is 0 Å². The minimum atomic E-state index is -0.724. The van der Waals surface area contributed by atoms with E-state index in [1.54, 1.807) is 16.9 Å². The molecule has 1 aromatic heterocycles. The minimum absolute atomic E-state index is 0.299. The van der Waals surface area contributed by atoms with Crippen molar-refractivity contribution in [1.82, 2.24) is 15.1 Å². The van der Waals surface area contributed by atoms with E-state index < -0.39 is 11.8 Å². The first kappa shape index (κ1) is 19.4. The molecule has 0 atom stereocenters. The van der Waals surface area contributed by atoms with Gasteiger partial charge in [0.2, 0.25) is 0 Å². The summed E-state index contributed by atoms with van der Waals surface area (Å²) in [6.45, 7) is 6.47. The van der Waals surface area contributed by atoms with Gasteiger partial charge in [0, 0.05) is 18.0 Å². The van der Waals surface area contributed by atoms with Gasteiger partial charge in [-0.1, -0.05) is 56.3 Å². The summed E-state index contributed by atoms with van der Waals surface area (Å²) in [5.74, 6) is -0.967. The molecule has 3 rings (SSSR count). The molecule has 6 nitrogen and oxygen atoms in total.